The number of hydrogen-bond acceptors (Lipinski definition) is 8. The number of carbonyl (C=O) groups excluding carboxylic acids is 1. The highest BCUT2D eigenvalue weighted by molar-refractivity contribution is 7.55. The number of ether oxygens (including phenoxy) is 1. The highest BCUT2D eigenvalue weighted by atomic mass is 35.5. The summed E-state index contributed by atoms with van der Waals surface area (Å²) in [7, 11) is -3.84. The van der Waals surface area contributed by atoms with Crippen LogP contribution in [0.3, 0.4) is 0 Å². The van der Waals surface area contributed by atoms with Gasteiger partial charge in [-0.15, -0.1) is 0 Å². The van der Waals surface area contributed by atoms with Gasteiger partial charge in [0.05, 0.1) is 19.6 Å². The Kier molecular flexibility index (Phi) is 9.10. The van der Waals surface area contributed by atoms with Crippen LogP contribution in [0.4, 0.5) is 0 Å². The van der Waals surface area contributed by atoms with Crippen LogP contribution in [0, 0.1) is 0 Å². The van der Waals surface area contributed by atoms with Crippen LogP contribution in [-0.4, -0.2) is 40.6 Å². The molecule has 0 saturated heterocycles. The van der Waals surface area contributed by atoms with Crippen molar-refractivity contribution in [2.75, 3.05) is 13.2 Å². The fraction of sp³-hybridized carbons (Fsp3) is 0.550. The maximum atomic E-state index is 13.4. The van der Waals surface area contributed by atoms with Gasteiger partial charge in [0.15, 0.2) is 11.5 Å². The summed E-state index contributed by atoms with van der Waals surface area (Å²) in [6.45, 7) is 8.68. The summed E-state index contributed by atoms with van der Waals surface area (Å²) in [5.74, 6) is -0.253. The van der Waals surface area contributed by atoms with E-state index in [4.69, 9.17) is 41.5 Å². The zero-order valence-electron chi connectivity index (χ0n) is 18.2. The van der Waals surface area contributed by atoms with E-state index in [1.165, 1.54) is 0 Å². The third kappa shape index (κ3) is 7.88. The van der Waals surface area contributed by atoms with Crippen LogP contribution < -0.4 is 0 Å². The topological polar surface area (TPSA) is 101 Å². The average molecular weight is 493 g/mol. The Morgan fingerprint density at radius 1 is 1.13 bits per heavy atom. The minimum Gasteiger partial charge on any atom is -0.459 e. The van der Waals surface area contributed by atoms with Crippen LogP contribution in [0.15, 0.2) is 22.7 Å². The van der Waals surface area contributed by atoms with Gasteiger partial charge < -0.3 is 18.3 Å². The minimum absolute atomic E-state index is 0.0984. The highest BCUT2D eigenvalue weighted by Crippen LogP contribution is 2.54. The summed E-state index contributed by atoms with van der Waals surface area (Å²) in [5.41, 5.74) is -1.24. The van der Waals surface area contributed by atoms with Gasteiger partial charge in [-0.2, -0.15) is 4.98 Å². The molecule has 0 spiro atoms. The maximum Gasteiger partial charge on any atom is 0.345 e. The molecule has 0 aliphatic rings. The summed E-state index contributed by atoms with van der Waals surface area (Å²) < 4.78 is 34.9. The van der Waals surface area contributed by atoms with Crippen molar-refractivity contribution in [2.45, 2.75) is 58.7 Å². The molecule has 0 aliphatic heterocycles. The van der Waals surface area contributed by atoms with Crippen LogP contribution in [-0.2, 0) is 36.0 Å². The molecule has 0 bridgehead atoms. The van der Waals surface area contributed by atoms with Gasteiger partial charge in [-0.25, -0.2) is 0 Å². The van der Waals surface area contributed by atoms with Gasteiger partial charge in [0.2, 0.25) is 5.89 Å². The molecule has 0 fully saturated rings. The molecule has 172 valence electrons. The van der Waals surface area contributed by atoms with E-state index in [1.807, 2.05) is 0 Å². The van der Waals surface area contributed by atoms with Crippen LogP contribution >= 0.6 is 30.8 Å². The number of benzene rings is 1. The average Bonchev–Trinajstić information content (AvgIpc) is 3.04. The molecule has 8 nitrogen and oxygen atoms in total. The van der Waals surface area contributed by atoms with Crippen molar-refractivity contribution in [3.05, 3.63) is 45.5 Å². The van der Waals surface area contributed by atoms with E-state index in [0.717, 1.165) is 5.56 Å². The normalized spacial score (nSPS) is 13.3. The molecule has 0 N–H and O–H groups in total. The first-order valence-electron chi connectivity index (χ1n) is 9.83. The lowest BCUT2D eigenvalue weighted by Crippen LogP contribution is -2.34. The third-order valence-corrected chi connectivity index (χ3v) is 6.67. The summed E-state index contributed by atoms with van der Waals surface area (Å²) in [4.78, 5) is 17.2. The Morgan fingerprint density at radius 3 is 2.23 bits per heavy atom. The van der Waals surface area contributed by atoms with Gasteiger partial charge in [-0.3, -0.25) is 9.36 Å². The molecule has 1 atom stereocenters. The summed E-state index contributed by atoms with van der Waals surface area (Å²) in [6, 6.07) is 5.11. The van der Waals surface area contributed by atoms with Crippen molar-refractivity contribution in [3.63, 3.8) is 0 Å². The van der Waals surface area contributed by atoms with Crippen molar-refractivity contribution in [1.29, 1.82) is 0 Å². The number of hydrogen-bond donors (Lipinski definition) is 0. The van der Waals surface area contributed by atoms with Gasteiger partial charge in [0, 0.05) is 16.5 Å². The summed E-state index contributed by atoms with van der Waals surface area (Å²) >= 11 is 12.1. The summed E-state index contributed by atoms with van der Waals surface area (Å²) in [5, 5.41) is 4.92. The number of rotatable bonds is 10. The number of esters is 1. The van der Waals surface area contributed by atoms with E-state index in [-0.39, 0.29) is 25.5 Å². The lowest BCUT2D eigenvalue weighted by molar-refractivity contribution is -0.154. The molecular formula is C20H27Cl2N2O6P. The number of aromatic nitrogens is 2. The second-order valence-corrected chi connectivity index (χ2v) is 10.8. The Labute approximate surface area is 192 Å². The van der Waals surface area contributed by atoms with E-state index >= 15 is 0 Å². The Balaban J connectivity index is 2.27. The minimum atomic E-state index is -3.84. The quantitative estimate of drug-likeness (QED) is 0.317. The van der Waals surface area contributed by atoms with Gasteiger partial charge in [-0.05, 0) is 58.4 Å². The third-order valence-electron chi connectivity index (χ3n) is 3.84. The summed E-state index contributed by atoms with van der Waals surface area (Å²) in [6.07, 6.45) is 0.158. The molecule has 2 aromatic rings. The molecule has 0 amide bonds. The molecule has 0 aliphatic carbocycles. The predicted octanol–water partition coefficient (Wildman–Crippen LogP) is 5.49. The molecular weight excluding hydrogens is 466 g/mol. The molecule has 1 unspecified atom stereocenters. The second kappa shape index (κ2) is 10.9. The zero-order chi connectivity index (χ0) is 23.2. The van der Waals surface area contributed by atoms with Crippen molar-refractivity contribution in [3.8, 4) is 0 Å². The van der Waals surface area contributed by atoms with Crippen molar-refractivity contribution >= 4 is 36.8 Å². The van der Waals surface area contributed by atoms with Crippen molar-refractivity contribution in [2.24, 2.45) is 0 Å². The van der Waals surface area contributed by atoms with Gasteiger partial charge in [0.25, 0.3) is 0 Å². The van der Waals surface area contributed by atoms with E-state index in [0.29, 0.717) is 22.3 Å². The van der Waals surface area contributed by atoms with Gasteiger partial charge in [-0.1, -0.05) is 28.4 Å². The van der Waals surface area contributed by atoms with Crippen LogP contribution in [0.5, 0.6) is 0 Å². The molecule has 1 aromatic carbocycles. The maximum absolute atomic E-state index is 13.4. The molecule has 11 heteroatoms. The van der Waals surface area contributed by atoms with E-state index in [9.17, 15) is 9.36 Å². The fourth-order valence-corrected chi connectivity index (χ4v) is 5.19. The van der Waals surface area contributed by atoms with E-state index in [2.05, 4.69) is 10.1 Å². The van der Waals surface area contributed by atoms with Crippen LogP contribution in [0.2, 0.25) is 10.0 Å². The highest BCUT2D eigenvalue weighted by Gasteiger charge is 2.44. The largest absolute Gasteiger partial charge is 0.459 e. The molecule has 1 heterocycles. The van der Waals surface area contributed by atoms with Gasteiger partial charge >= 0.3 is 13.6 Å². The first kappa shape index (κ1) is 25.8. The lowest BCUT2D eigenvalue weighted by Gasteiger charge is -2.27. The molecule has 31 heavy (non-hydrogen) atoms. The fourth-order valence-electron chi connectivity index (χ4n) is 2.78. The van der Waals surface area contributed by atoms with Crippen LogP contribution in [0.25, 0.3) is 0 Å². The lowest BCUT2D eigenvalue weighted by atomic mass is 10.1. The van der Waals surface area contributed by atoms with Crippen molar-refractivity contribution < 1.29 is 27.7 Å². The number of carbonyl (C=O) groups is 1. The van der Waals surface area contributed by atoms with E-state index < -0.39 is 24.8 Å². The first-order valence-corrected chi connectivity index (χ1v) is 12.2. The molecule has 0 saturated carbocycles. The molecule has 1 aromatic heterocycles. The SMILES string of the molecule is CCOP(=O)(OCC)C(Cc1nc(Cc2cc(Cl)cc(Cl)c2)no1)C(=O)OC(C)(C)C. The van der Waals surface area contributed by atoms with Crippen molar-refractivity contribution in [1.82, 2.24) is 10.1 Å². The van der Waals surface area contributed by atoms with Gasteiger partial charge in [0.1, 0.15) is 5.60 Å². The van der Waals surface area contributed by atoms with E-state index in [1.54, 1.807) is 52.8 Å². The number of halogens is 2. The molecule has 2 rings (SSSR count). The predicted molar refractivity (Wildman–Crippen MR) is 118 cm³/mol. The van der Waals surface area contributed by atoms with Crippen LogP contribution in [0.1, 0.15) is 51.9 Å². The monoisotopic (exact) mass is 492 g/mol. The number of nitrogens with zero attached hydrogens (tertiary/aromatic N) is 2. The smallest absolute Gasteiger partial charge is 0.345 e. The zero-order valence-corrected chi connectivity index (χ0v) is 20.6. The second-order valence-electron chi connectivity index (χ2n) is 7.69. The first-order chi connectivity index (χ1) is 14.5. The Bertz CT molecular complexity index is 914. The Hall–Kier alpha value is -1.44. The Morgan fingerprint density at radius 2 is 1.71 bits per heavy atom. The molecule has 0 radical (unpaired) electrons. The standard InChI is InChI=1S/C20H27Cl2N2O6P/c1-6-27-31(26,28-7-2)16(19(25)29-20(3,4)5)12-18-23-17(24-30-18)10-13-8-14(21)11-15(22)9-13/h8-9,11,16H,6-7,10,12H2,1-5H3.